The topological polar surface area (TPSA) is 52.6 Å². The van der Waals surface area contributed by atoms with Gasteiger partial charge in [-0.25, -0.2) is 9.59 Å². The molecular weight excluding hydrogens is 280 g/mol. The predicted octanol–water partition coefficient (Wildman–Crippen LogP) is 3.32. The summed E-state index contributed by atoms with van der Waals surface area (Å²) >= 11 is 0. The van der Waals surface area contributed by atoms with Crippen LogP contribution in [-0.2, 0) is 19.1 Å². The van der Waals surface area contributed by atoms with Crippen LogP contribution in [0.4, 0.5) is 0 Å². The van der Waals surface area contributed by atoms with Gasteiger partial charge < -0.3 is 9.47 Å². The van der Waals surface area contributed by atoms with Gasteiger partial charge >= 0.3 is 11.9 Å². The second-order valence-electron chi connectivity index (χ2n) is 8.30. The molecule has 4 aliphatic carbocycles. The highest BCUT2D eigenvalue weighted by atomic mass is 16.6. The Hall–Kier alpha value is -1.58. The number of hydrogen-bond donors (Lipinski definition) is 0. The highest BCUT2D eigenvalue weighted by molar-refractivity contribution is 5.82. The van der Waals surface area contributed by atoms with Crippen molar-refractivity contribution in [3.63, 3.8) is 0 Å². The first-order valence-corrected chi connectivity index (χ1v) is 7.86. The second kappa shape index (κ2) is 4.46. The van der Waals surface area contributed by atoms with Crippen molar-refractivity contribution in [2.75, 3.05) is 0 Å². The molecule has 0 saturated heterocycles. The minimum atomic E-state index is -0.537. The lowest BCUT2D eigenvalue weighted by Crippen LogP contribution is -2.67. The number of ether oxygens (including phenoxy) is 2. The van der Waals surface area contributed by atoms with Gasteiger partial charge in [-0.05, 0) is 42.9 Å². The van der Waals surface area contributed by atoms with E-state index >= 15 is 0 Å². The average Bonchev–Trinajstić information content (AvgIpc) is 2.32. The molecule has 4 saturated carbocycles. The van der Waals surface area contributed by atoms with Gasteiger partial charge in [-0.1, -0.05) is 27.0 Å². The molecule has 4 heteroatoms. The molecule has 4 fully saturated rings. The highest BCUT2D eigenvalue weighted by Crippen LogP contribution is 2.69. The van der Waals surface area contributed by atoms with Gasteiger partial charge in [0, 0.05) is 18.6 Å². The summed E-state index contributed by atoms with van der Waals surface area (Å²) in [6, 6.07) is 0. The number of esters is 2. The number of carbonyl (C=O) groups excluding carboxylic acids is 2. The van der Waals surface area contributed by atoms with Gasteiger partial charge in [0.25, 0.3) is 0 Å². The molecule has 22 heavy (non-hydrogen) atoms. The van der Waals surface area contributed by atoms with Gasteiger partial charge in [0.1, 0.15) is 11.2 Å². The fourth-order valence-electron chi connectivity index (χ4n) is 6.21. The Morgan fingerprint density at radius 1 is 0.773 bits per heavy atom. The monoisotopic (exact) mass is 304 g/mol. The predicted molar refractivity (Wildman–Crippen MR) is 82.0 cm³/mol. The average molecular weight is 304 g/mol. The first-order chi connectivity index (χ1) is 10.2. The summed E-state index contributed by atoms with van der Waals surface area (Å²) in [5, 5.41) is 0. The van der Waals surface area contributed by atoms with E-state index in [1.54, 1.807) is 0 Å². The lowest BCUT2D eigenvalue weighted by Gasteiger charge is -2.67. The molecule has 0 N–H and O–H groups in total. The smallest absolute Gasteiger partial charge is 0.330 e. The van der Waals surface area contributed by atoms with Gasteiger partial charge in [-0.15, -0.1) is 0 Å². The van der Waals surface area contributed by atoms with Crippen LogP contribution >= 0.6 is 0 Å². The summed E-state index contributed by atoms with van der Waals surface area (Å²) < 4.78 is 11.6. The van der Waals surface area contributed by atoms with Crippen LogP contribution in [0.2, 0.25) is 0 Å². The van der Waals surface area contributed by atoms with Crippen molar-refractivity contribution < 1.29 is 19.1 Å². The molecule has 0 aromatic heterocycles. The fourth-order valence-corrected chi connectivity index (χ4v) is 6.21. The van der Waals surface area contributed by atoms with Crippen molar-refractivity contribution in [1.82, 2.24) is 0 Å². The van der Waals surface area contributed by atoms with E-state index < -0.39 is 11.2 Å². The maximum Gasteiger partial charge on any atom is 0.330 e. The van der Waals surface area contributed by atoms with Crippen LogP contribution in [0.1, 0.15) is 52.4 Å². The highest BCUT2D eigenvalue weighted by Gasteiger charge is 2.68. The maximum absolute atomic E-state index is 11.8. The zero-order valence-corrected chi connectivity index (χ0v) is 13.4. The molecule has 0 aromatic rings. The van der Waals surface area contributed by atoms with E-state index in [0.29, 0.717) is 6.42 Å². The molecule has 0 aromatic carbocycles. The van der Waals surface area contributed by atoms with Crippen molar-refractivity contribution >= 4 is 11.9 Å². The molecule has 0 radical (unpaired) electrons. The molecule has 0 unspecified atom stereocenters. The Bertz CT molecular complexity index is 499. The van der Waals surface area contributed by atoms with E-state index in [1.807, 2.05) is 0 Å². The third-order valence-electron chi connectivity index (χ3n) is 5.46. The Balaban J connectivity index is 1.98. The van der Waals surface area contributed by atoms with Crippen molar-refractivity contribution in [2.45, 2.75) is 63.6 Å². The molecule has 0 spiro atoms. The molecule has 0 amide bonds. The van der Waals surface area contributed by atoms with Crippen LogP contribution in [0.15, 0.2) is 25.3 Å². The minimum absolute atomic E-state index is 0.0341. The number of hydrogen-bond acceptors (Lipinski definition) is 4. The molecule has 120 valence electrons. The van der Waals surface area contributed by atoms with Gasteiger partial charge in [-0.2, -0.15) is 0 Å². The maximum atomic E-state index is 11.8. The van der Waals surface area contributed by atoms with E-state index in [2.05, 4.69) is 27.0 Å². The summed E-state index contributed by atoms with van der Waals surface area (Å²) in [6.07, 6.45) is 7.44. The van der Waals surface area contributed by atoms with E-state index in [0.717, 1.165) is 32.1 Å². The third kappa shape index (κ3) is 2.38. The summed E-state index contributed by atoms with van der Waals surface area (Å²) in [6.45, 7) is 11.4. The van der Waals surface area contributed by atoms with Crippen LogP contribution in [-0.4, -0.2) is 23.1 Å². The van der Waals surface area contributed by atoms with Crippen LogP contribution in [0.5, 0.6) is 0 Å². The van der Waals surface area contributed by atoms with Crippen molar-refractivity contribution in [3.05, 3.63) is 25.3 Å². The molecule has 4 bridgehead atoms. The standard InChI is InChI=1S/C18H24O4/c1-5-13(19)21-17-8-15(3)7-16(4,9-17)11-18(10-15,12-17)22-14(20)6-2/h5-6H,1-2,7-12H2,3-4H3. The Morgan fingerprint density at radius 2 is 1.14 bits per heavy atom. The summed E-state index contributed by atoms with van der Waals surface area (Å²) in [7, 11) is 0. The Kier molecular flexibility index (Phi) is 3.11. The Labute approximate surface area is 131 Å². The van der Waals surface area contributed by atoms with Gasteiger partial charge in [0.05, 0.1) is 0 Å². The van der Waals surface area contributed by atoms with Crippen LogP contribution in [0.25, 0.3) is 0 Å². The third-order valence-corrected chi connectivity index (χ3v) is 5.46. The zero-order chi connectivity index (χ0) is 16.2. The van der Waals surface area contributed by atoms with Crippen molar-refractivity contribution in [3.8, 4) is 0 Å². The summed E-state index contributed by atoms with van der Waals surface area (Å²) in [5.74, 6) is -0.779. The van der Waals surface area contributed by atoms with Gasteiger partial charge in [-0.3, -0.25) is 0 Å². The van der Waals surface area contributed by atoms with E-state index in [9.17, 15) is 9.59 Å². The zero-order valence-electron chi connectivity index (χ0n) is 13.4. The summed E-state index contributed by atoms with van der Waals surface area (Å²) in [4.78, 5) is 23.6. The minimum Gasteiger partial charge on any atom is -0.456 e. The first kappa shape index (κ1) is 15.3. The molecule has 0 atom stereocenters. The van der Waals surface area contributed by atoms with E-state index in [-0.39, 0.29) is 22.8 Å². The molecule has 4 nitrogen and oxygen atoms in total. The lowest BCUT2D eigenvalue weighted by molar-refractivity contribution is -0.264. The van der Waals surface area contributed by atoms with Crippen molar-refractivity contribution in [2.24, 2.45) is 10.8 Å². The molecular formula is C18H24O4. The molecule has 0 aliphatic heterocycles. The molecule has 0 heterocycles. The molecule has 4 aliphatic rings. The number of carbonyl (C=O) groups is 2. The van der Waals surface area contributed by atoms with Crippen LogP contribution in [0, 0.1) is 10.8 Å². The van der Waals surface area contributed by atoms with Gasteiger partial charge in [0.15, 0.2) is 0 Å². The summed E-state index contributed by atoms with van der Waals surface area (Å²) in [5.41, 5.74) is -1.01. The van der Waals surface area contributed by atoms with Gasteiger partial charge in [0.2, 0.25) is 0 Å². The number of rotatable bonds is 4. The molecule has 4 rings (SSSR count). The normalized spacial score (nSPS) is 45.2. The van der Waals surface area contributed by atoms with Crippen molar-refractivity contribution in [1.29, 1.82) is 0 Å². The largest absolute Gasteiger partial charge is 0.456 e. The van der Waals surface area contributed by atoms with Crippen LogP contribution in [0.3, 0.4) is 0 Å². The van der Waals surface area contributed by atoms with E-state index in [1.165, 1.54) is 12.2 Å². The SMILES string of the molecule is C=CC(=O)OC12CC3(C)CC(C)(C1)CC(OC(=O)C=C)(C3)C2. The van der Waals surface area contributed by atoms with Crippen LogP contribution < -0.4 is 0 Å². The first-order valence-electron chi connectivity index (χ1n) is 7.86. The Morgan fingerprint density at radius 3 is 1.45 bits per heavy atom. The lowest BCUT2D eigenvalue weighted by atomic mass is 9.42. The quantitative estimate of drug-likeness (QED) is 0.590. The second-order valence-corrected chi connectivity index (χ2v) is 8.30. The fraction of sp³-hybridized carbons (Fsp3) is 0.667. The van der Waals surface area contributed by atoms with E-state index in [4.69, 9.17) is 9.47 Å².